The number of fused-ring (bicyclic) bond motifs is 2. The molecule has 7 rings (SSSR count). The van der Waals surface area contributed by atoms with Crippen molar-refractivity contribution in [1.82, 2.24) is 19.8 Å². The summed E-state index contributed by atoms with van der Waals surface area (Å²) in [6, 6.07) is 15.1. The van der Waals surface area contributed by atoms with Crippen molar-refractivity contribution in [2.75, 3.05) is 20.0 Å². The number of Topliss-reactive ketones (excluding diaryl/α,β-unsaturated/α-hetero) is 1. The average molecular weight is 1080 g/mol. The largest absolute Gasteiger partial charge is 1.00 e. The summed E-state index contributed by atoms with van der Waals surface area (Å²) in [4.78, 5) is 64.9. The average Bonchev–Trinajstić information content (AvgIpc) is 3.82. The number of methoxy groups -OCH3 is 1. The topological polar surface area (TPSA) is 178 Å². The molecule has 65 heavy (non-hydrogen) atoms. The van der Waals surface area contributed by atoms with Gasteiger partial charge in [-0.3, -0.25) is 25.2 Å². The van der Waals surface area contributed by atoms with Crippen LogP contribution in [0.1, 0.15) is 54.6 Å². The molecule has 2 amide bonds. The number of benzene rings is 2. The van der Waals surface area contributed by atoms with Crippen molar-refractivity contribution in [1.29, 1.82) is 5.41 Å². The number of nitrogens with zero attached hydrogens (tertiary/aromatic N) is 5. The zero-order valence-electron chi connectivity index (χ0n) is 35.9. The first kappa shape index (κ1) is 49.3. The number of rotatable bonds is 14. The number of ether oxygens (including phenoxy) is 3. The summed E-state index contributed by atoms with van der Waals surface area (Å²) in [7, 11) is 2.86. The molecule has 2 N–H and O–H groups in total. The first-order valence-corrected chi connectivity index (χ1v) is 22.4. The fraction of sp³-hybridized carbons (Fsp3) is 0.318. The second-order valence-electron chi connectivity index (χ2n) is 15.8. The van der Waals surface area contributed by atoms with Gasteiger partial charge in [0.05, 0.1) is 30.0 Å². The number of carbonyl (C=O) groups excluding carboxylic acids is 4. The van der Waals surface area contributed by atoms with Crippen LogP contribution in [0.5, 0.6) is 5.75 Å². The number of pyridine rings is 1. The molecule has 1 fully saturated rings. The predicted molar refractivity (Wildman–Crippen MR) is 240 cm³/mol. The van der Waals surface area contributed by atoms with E-state index < -0.39 is 46.5 Å². The lowest BCUT2D eigenvalue weighted by Gasteiger charge is -2.49. The number of β-lactam (4-membered cyclic amide) rings is 1. The first-order chi connectivity index (χ1) is 30.5. The van der Waals surface area contributed by atoms with Gasteiger partial charge in [0.2, 0.25) is 11.4 Å². The van der Waals surface area contributed by atoms with Crippen molar-refractivity contribution >= 4 is 92.6 Å². The van der Waals surface area contributed by atoms with E-state index in [1.54, 1.807) is 65.3 Å². The maximum Gasteiger partial charge on any atom is 0.413 e. The Morgan fingerprint density at radius 1 is 1.11 bits per heavy atom. The molecule has 2 aliphatic rings. The molecule has 21 heteroatoms. The number of ketones is 1. The smallest absolute Gasteiger partial charge is 0.413 e. The van der Waals surface area contributed by atoms with Gasteiger partial charge in [-0.1, -0.05) is 40.5 Å². The van der Waals surface area contributed by atoms with Crippen molar-refractivity contribution in [3.05, 3.63) is 121 Å². The summed E-state index contributed by atoms with van der Waals surface area (Å²) >= 11 is 15.6. The summed E-state index contributed by atoms with van der Waals surface area (Å²) in [5.41, 5.74) is 2.40. The highest BCUT2D eigenvalue weighted by atomic mass is 127. The number of amides is 2. The van der Waals surface area contributed by atoms with E-state index >= 15 is 4.39 Å². The summed E-state index contributed by atoms with van der Waals surface area (Å²) < 4.78 is 36.0. The molecule has 1 saturated heterocycles. The number of nitrogens with one attached hydrogen (secondary N) is 2. The van der Waals surface area contributed by atoms with Crippen LogP contribution in [-0.2, 0) is 48.4 Å². The number of thioether (sulfide) groups is 1. The fourth-order valence-corrected chi connectivity index (χ4v) is 10.0. The molecule has 0 spiro atoms. The number of alkyl carbamates (subject to hydrolysis) is 1. The second kappa shape index (κ2) is 20.6. The Kier molecular flexibility index (Phi) is 15.6. The van der Waals surface area contributed by atoms with Crippen LogP contribution in [0.2, 0.25) is 9.36 Å². The van der Waals surface area contributed by atoms with Crippen LogP contribution in [0.4, 0.5) is 9.18 Å². The molecule has 2 aromatic carbocycles. The maximum absolute atomic E-state index is 15.7. The summed E-state index contributed by atoms with van der Waals surface area (Å²) in [6.07, 6.45) is 2.55. The number of hydrogen-bond acceptors (Lipinski definition) is 13. The number of oxime groups is 1. The molecule has 0 saturated carbocycles. The lowest BCUT2D eigenvalue weighted by atomic mass is 9.89. The van der Waals surface area contributed by atoms with E-state index in [-0.39, 0.29) is 93.5 Å². The molecule has 5 heterocycles. The highest BCUT2D eigenvalue weighted by Gasteiger charge is 2.55. The Balaban J connectivity index is 0.00000700. The molecule has 342 valence electrons. The molecule has 3 aromatic heterocycles. The zero-order chi connectivity index (χ0) is 46.0. The molecular formula is C44H43Cl2FIN7O8S2. The Hall–Kier alpha value is -5.09. The van der Waals surface area contributed by atoms with Crippen LogP contribution < -0.4 is 38.6 Å². The highest BCUT2D eigenvalue weighted by Crippen LogP contribution is 2.46. The Morgan fingerprint density at radius 3 is 2.49 bits per heavy atom. The van der Waals surface area contributed by atoms with Gasteiger partial charge in [0.15, 0.2) is 24.2 Å². The minimum absolute atomic E-state index is 0. The maximum atomic E-state index is 15.7. The fourth-order valence-electron chi connectivity index (χ4n) is 7.27. The van der Waals surface area contributed by atoms with Gasteiger partial charge in [0.25, 0.3) is 0 Å². The molecule has 0 aliphatic carbocycles. The van der Waals surface area contributed by atoms with Crippen molar-refractivity contribution in [2.45, 2.75) is 64.8 Å². The summed E-state index contributed by atoms with van der Waals surface area (Å²) in [6.45, 7) is 6.95. The number of carbonyl (C=O) groups is 4. The zero-order valence-corrected chi connectivity index (χ0v) is 41.2. The van der Waals surface area contributed by atoms with Crippen LogP contribution in [0.3, 0.4) is 0 Å². The monoisotopic (exact) mass is 1080 g/mol. The van der Waals surface area contributed by atoms with Crippen molar-refractivity contribution in [3.8, 4) is 5.75 Å². The third-order valence-corrected chi connectivity index (χ3v) is 13.1. The Labute approximate surface area is 408 Å². The van der Waals surface area contributed by atoms with Crippen molar-refractivity contribution in [2.24, 2.45) is 11.1 Å². The van der Waals surface area contributed by atoms with Crippen LogP contribution in [0.25, 0.3) is 11.0 Å². The van der Waals surface area contributed by atoms with E-state index in [9.17, 15) is 19.2 Å². The first-order valence-electron chi connectivity index (χ1n) is 19.7. The molecule has 5 aromatic rings. The molecule has 15 nitrogen and oxygen atoms in total. The number of amidine groups is 1. The van der Waals surface area contributed by atoms with Gasteiger partial charge in [-0.25, -0.2) is 19.0 Å². The van der Waals surface area contributed by atoms with E-state index in [1.807, 2.05) is 33.5 Å². The number of hydrogen-bond donors (Lipinski definition) is 2. The third-order valence-electron chi connectivity index (χ3n) is 10.2. The number of halogens is 4. The van der Waals surface area contributed by atoms with E-state index in [2.05, 4.69) is 15.5 Å². The van der Waals surface area contributed by atoms with E-state index in [1.165, 1.54) is 41.2 Å². The highest BCUT2D eigenvalue weighted by molar-refractivity contribution is 8.00. The quantitative estimate of drug-likeness (QED) is 0.0304. The number of esters is 1. The third kappa shape index (κ3) is 11.0. The number of aromatic nitrogens is 3. The Bertz CT molecular complexity index is 2730. The van der Waals surface area contributed by atoms with Crippen LogP contribution >= 0.6 is 46.3 Å². The standard InChI is InChI=1S/C44H42Cl2FN7O8S2.HI/c1-23-49-36(38(46)64-23)35(51-60-6)34(55)18-28-40(56)54-37(42(57)61-21-24-9-11-27(59-5)12-10-24)26(22-63-41(28)54)19-52-14-7-8-32-33(52)13-15-53(32)20-29-30(45)16-25(17-31(29)47)39(48)50-43(58)62-44(2,3)4;/h7-17,28,41H,18-22H2,1-6H3,(H-,48,50,58);1H/b51-35+;/t28-,41-;/m1./s1. The number of thiazole rings is 1. The lowest BCUT2D eigenvalue weighted by molar-refractivity contribution is -0.663. The van der Waals surface area contributed by atoms with Gasteiger partial charge >= 0.3 is 12.1 Å². The van der Waals surface area contributed by atoms with Gasteiger partial charge in [0, 0.05) is 52.2 Å². The molecule has 0 radical (unpaired) electrons. The lowest BCUT2D eigenvalue weighted by Crippen LogP contribution is -3.00. The molecular weight excluding hydrogens is 1040 g/mol. The SMILES string of the molecule is CO/N=C(\C(=O)C[C@@H]1C(=O)N2C(C(=O)OCc3ccc(OC)cc3)=C(C[n+]3cccc4c3ccn4Cc3c(F)cc(C(=N)NC(=O)OC(C)(C)C)cc3Cl)CS[C@H]12)c1nc(C)sc1Cl.[I-]. The van der Waals surface area contributed by atoms with Gasteiger partial charge in [0.1, 0.15) is 58.0 Å². The van der Waals surface area contributed by atoms with Crippen LogP contribution in [0, 0.1) is 24.1 Å². The van der Waals surface area contributed by atoms with Gasteiger partial charge in [-0.15, -0.1) is 23.1 Å². The molecule has 2 atom stereocenters. The minimum Gasteiger partial charge on any atom is -1.00 e. The van der Waals surface area contributed by atoms with Gasteiger partial charge in [-0.2, -0.15) is 4.57 Å². The van der Waals surface area contributed by atoms with Gasteiger partial charge in [-0.05, 0) is 63.6 Å². The Morgan fingerprint density at radius 2 is 1.85 bits per heavy atom. The van der Waals surface area contributed by atoms with Crippen molar-refractivity contribution in [3.63, 3.8) is 0 Å². The second-order valence-corrected chi connectivity index (χ2v) is 19.1. The predicted octanol–water partition coefficient (Wildman–Crippen LogP) is 4.59. The number of aryl methyl sites for hydroxylation is 1. The minimum atomic E-state index is -0.853. The normalized spacial score (nSPS) is 16.0. The van der Waals surface area contributed by atoms with Crippen molar-refractivity contribution < 1.29 is 71.2 Å². The van der Waals surface area contributed by atoms with E-state index in [0.29, 0.717) is 27.6 Å². The van der Waals surface area contributed by atoms with E-state index in [4.69, 9.17) is 47.7 Å². The van der Waals surface area contributed by atoms with Crippen LogP contribution in [0.15, 0.2) is 83.4 Å². The van der Waals surface area contributed by atoms with Crippen LogP contribution in [-0.4, -0.2) is 80.7 Å². The van der Waals surface area contributed by atoms with E-state index in [0.717, 1.165) is 17.1 Å². The van der Waals surface area contributed by atoms with Gasteiger partial charge < -0.3 is 47.6 Å². The molecule has 0 bridgehead atoms. The summed E-state index contributed by atoms with van der Waals surface area (Å²) in [5.74, 6) is -2.46. The summed E-state index contributed by atoms with van der Waals surface area (Å²) in [5, 5.41) is 14.6. The molecule has 0 unspecified atom stereocenters. The molecule has 2 aliphatic heterocycles.